The molecule has 236 valence electrons. The molecule has 0 bridgehead atoms. The summed E-state index contributed by atoms with van der Waals surface area (Å²) in [5.74, 6) is 0. The lowest BCUT2D eigenvalue weighted by molar-refractivity contribution is 0.302. The van der Waals surface area contributed by atoms with E-state index in [1.54, 1.807) is 6.92 Å². The number of allylic oxidation sites excluding steroid dienone is 12. The summed E-state index contributed by atoms with van der Waals surface area (Å²) in [4.78, 5) is 19.5. The third-order valence-corrected chi connectivity index (χ3v) is 13.4. The van der Waals surface area contributed by atoms with Crippen molar-refractivity contribution < 1.29 is 23.4 Å². The molecule has 0 aromatic carbocycles. The number of hydrogen-bond donors (Lipinski definition) is 2. The lowest BCUT2D eigenvalue weighted by Crippen LogP contribution is -2.29. The molecule has 0 rings (SSSR count). The lowest BCUT2D eigenvalue weighted by atomic mass is 10.0. The molecule has 0 saturated heterocycles. The predicted molar refractivity (Wildman–Crippen MR) is 180 cm³/mol. The zero-order valence-corrected chi connectivity index (χ0v) is 29.5. The van der Waals surface area contributed by atoms with Crippen LogP contribution < -0.4 is 0 Å². The summed E-state index contributed by atoms with van der Waals surface area (Å²) in [6, 6.07) is 0. The Morgan fingerprint density at radius 2 is 0.927 bits per heavy atom. The third-order valence-electron chi connectivity index (χ3n) is 7.47. The van der Waals surface area contributed by atoms with Gasteiger partial charge in [0.25, 0.3) is 0 Å². The van der Waals surface area contributed by atoms with Crippen molar-refractivity contribution in [3.63, 3.8) is 0 Å². The molecule has 0 radical (unpaired) electrons. The van der Waals surface area contributed by atoms with Gasteiger partial charge in [-0.05, 0) is 127 Å². The van der Waals surface area contributed by atoms with Crippen molar-refractivity contribution in [2.24, 2.45) is 0 Å². The molecule has 0 saturated carbocycles. The van der Waals surface area contributed by atoms with E-state index in [-0.39, 0.29) is 19.4 Å². The SMILES string of the molecule is CCOP(C)(=O)C(C/C=C(\C)CC/C=C(\C)CCC=C(C)C)(C/C=C(\C)CC/C=C(\C)CCC=C(C)C)P(=O)(O)O. The van der Waals surface area contributed by atoms with Crippen molar-refractivity contribution in [2.75, 3.05) is 13.3 Å². The maximum atomic E-state index is 13.8. The van der Waals surface area contributed by atoms with Gasteiger partial charge in [-0.15, -0.1) is 0 Å². The molecule has 0 aromatic heterocycles. The Labute approximate surface area is 252 Å². The van der Waals surface area contributed by atoms with Crippen LogP contribution in [0.3, 0.4) is 0 Å². The van der Waals surface area contributed by atoms with Crippen molar-refractivity contribution in [3.05, 3.63) is 69.9 Å². The van der Waals surface area contributed by atoms with E-state index in [1.165, 1.54) is 29.0 Å². The maximum absolute atomic E-state index is 13.8. The molecule has 0 aliphatic carbocycles. The van der Waals surface area contributed by atoms with Gasteiger partial charge in [0.15, 0.2) is 4.90 Å². The first kappa shape index (κ1) is 39.8. The summed E-state index contributed by atoms with van der Waals surface area (Å²) >= 11 is 0. The van der Waals surface area contributed by atoms with Crippen molar-refractivity contribution >= 4 is 15.0 Å². The molecule has 0 spiro atoms. The van der Waals surface area contributed by atoms with Gasteiger partial charge < -0.3 is 14.3 Å². The Hall–Kier alpha value is -1.22. The summed E-state index contributed by atoms with van der Waals surface area (Å²) in [6.45, 7) is 19.9. The molecular formula is C34H60O5P2. The van der Waals surface area contributed by atoms with Crippen LogP contribution in [-0.4, -0.2) is 28.0 Å². The first-order valence-electron chi connectivity index (χ1n) is 15.1. The fourth-order valence-corrected chi connectivity index (χ4v) is 8.91. The molecule has 0 aliphatic heterocycles. The van der Waals surface area contributed by atoms with E-state index in [4.69, 9.17) is 4.52 Å². The van der Waals surface area contributed by atoms with Gasteiger partial charge in [-0.25, -0.2) is 0 Å². The Bertz CT molecular complexity index is 1010. The molecule has 5 nitrogen and oxygen atoms in total. The highest BCUT2D eigenvalue weighted by molar-refractivity contribution is 7.75. The molecule has 1 unspecified atom stereocenters. The second-order valence-electron chi connectivity index (χ2n) is 12.1. The molecule has 0 amide bonds. The maximum Gasteiger partial charge on any atom is 0.341 e. The van der Waals surface area contributed by atoms with E-state index in [9.17, 15) is 18.9 Å². The van der Waals surface area contributed by atoms with Crippen LogP contribution in [0.15, 0.2) is 69.9 Å². The third kappa shape index (κ3) is 16.3. The molecule has 0 fully saturated rings. The van der Waals surface area contributed by atoms with E-state index >= 15 is 0 Å². The molecule has 7 heteroatoms. The first-order valence-corrected chi connectivity index (χ1v) is 18.8. The van der Waals surface area contributed by atoms with Gasteiger partial charge in [0.1, 0.15) is 0 Å². The van der Waals surface area contributed by atoms with Gasteiger partial charge in [0, 0.05) is 6.66 Å². The van der Waals surface area contributed by atoms with Gasteiger partial charge in [-0.2, -0.15) is 0 Å². The Morgan fingerprint density at radius 1 is 0.610 bits per heavy atom. The van der Waals surface area contributed by atoms with Gasteiger partial charge in [0.2, 0.25) is 7.37 Å². The summed E-state index contributed by atoms with van der Waals surface area (Å²) in [6.07, 6.45) is 20.1. The normalized spacial score (nSPS) is 15.5. The Balaban J connectivity index is 5.72. The monoisotopic (exact) mass is 610 g/mol. The van der Waals surface area contributed by atoms with Gasteiger partial charge in [-0.1, -0.05) is 69.9 Å². The van der Waals surface area contributed by atoms with E-state index in [1.807, 2.05) is 26.0 Å². The van der Waals surface area contributed by atoms with Crippen LogP contribution in [0.4, 0.5) is 0 Å². The smallest absolute Gasteiger partial charge is 0.328 e. The molecule has 0 aliphatic rings. The molecule has 1 atom stereocenters. The zero-order valence-electron chi connectivity index (χ0n) is 27.8. The summed E-state index contributed by atoms with van der Waals surface area (Å²) < 4.78 is 32.5. The second-order valence-corrected chi connectivity index (χ2v) is 17.2. The average Bonchev–Trinajstić information content (AvgIpc) is 2.82. The van der Waals surface area contributed by atoms with Crippen molar-refractivity contribution in [1.29, 1.82) is 0 Å². The minimum Gasteiger partial charge on any atom is -0.328 e. The van der Waals surface area contributed by atoms with Crippen LogP contribution in [0, 0.1) is 0 Å². The fourth-order valence-electron chi connectivity index (χ4n) is 4.61. The average molecular weight is 611 g/mol. The minimum atomic E-state index is -4.81. The highest BCUT2D eigenvalue weighted by Gasteiger charge is 2.57. The van der Waals surface area contributed by atoms with Crippen molar-refractivity contribution in [2.45, 2.75) is 131 Å². The summed E-state index contributed by atoms with van der Waals surface area (Å²) in [5, 5.41) is 0. The van der Waals surface area contributed by atoms with Gasteiger partial charge >= 0.3 is 7.60 Å². The lowest BCUT2D eigenvalue weighted by Gasteiger charge is -2.37. The van der Waals surface area contributed by atoms with Crippen LogP contribution in [0.5, 0.6) is 0 Å². The summed E-state index contributed by atoms with van der Waals surface area (Å²) in [7, 11) is -8.49. The van der Waals surface area contributed by atoms with Crippen molar-refractivity contribution in [3.8, 4) is 0 Å². The van der Waals surface area contributed by atoms with Crippen LogP contribution >= 0.6 is 15.0 Å². The van der Waals surface area contributed by atoms with Crippen LogP contribution in [0.2, 0.25) is 0 Å². The first-order chi connectivity index (χ1) is 19.0. The minimum absolute atomic E-state index is 0.00725. The number of hydrogen-bond acceptors (Lipinski definition) is 3. The largest absolute Gasteiger partial charge is 0.341 e. The Kier molecular flexibility index (Phi) is 19.3. The molecule has 0 aromatic rings. The van der Waals surface area contributed by atoms with Gasteiger partial charge in [-0.3, -0.25) is 9.13 Å². The highest BCUT2D eigenvalue weighted by atomic mass is 31.2. The standard InChI is InChI=1S/C34H60O5P2/c1-11-39-40(10,35)34(41(36,37)38,26-24-32(8)22-14-20-30(6)18-12-16-28(2)3)27-25-33(9)23-15-21-31(7)19-13-17-29(4)5/h16-17,20-21,24-25H,11-15,18-19,22-23,26-27H2,1-10H3,(H2,36,37,38)/b30-20+,31-21+,32-24+,33-25+. The molecule has 0 heterocycles. The predicted octanol–water partition coefficient (Wildman–Crippen LogP) is 11.4. The van der Waals surface area contributed by atoms with Crippen molar-refractivity contribution in [1.82, 2.24) is 0 Å². The molecular weight excluding hydrogens is 550 g/mol. The highest BCUT2D eigenvalue weighted by Crippen LogP contribution is 2.75. The van der Waals surface area contributed by atoms with E-state index in [0.29, 0.717) is 0 Å². The van der Waals surface area contributed by atoms with E-state index in [0.717, 1.165) is 62.5 Å². The second kappa shape index (κ2) is 19.9. The Morgan fingerprint density at radius 3 is 1.22 bits per heavy atom. The van der Waals surface area contributed by atoms with Gasteiger partial charge in [0.05, 0.1) is 6.61 Å². The van der Waals surface area contributed by atoms with Crippen LogP contribution in [-0.2, 0) is 13.7 Å². The molecule has 2 N–H and O–H groups in total. The van der Waals surface area contributed by atoms with E-state index < -0.39 is 19.9 Å². The fraction of sp³-hybridized carbons (Fsp3) is 0.647. The van der Waals surface area contributed by atoms with Crippen LogP contribution in [0.25, 0.3) is 0 Å². The van der Waals surface area contributed by atoms with Crippen LogP contribution in [0.1, 0.15) is 127 Å². The quantitative estimate of drug-likeness (QED) is 0.106. The molecule has 41 heavy (non-hydrogen) atoms. The number of rotatable bonds is 20. The van der Waals surface area contributed by atoms with E-state index in [2.05, 4.69) is 65.8 Å². The zero-order chi connectivity index (χ0) is 31.7. The summed E-state index contributed by atoms with van der Waals surface area (Å²) in [5.41, 5.74) is 7.39. The topological polar surface area (TPSA) is 83.8 Å².